The van der Waals surface area contributed by atoms with Gasteiger partial charge < -0.3 is 4.74 Å². The number of hydrogen-bond donors (Lipinski definition) is 0. The molecule has 0 radical (unpaired) electrons. The highest BCUT2D eigenvalue weighted by atomic mass is 35.5. The molecular weight excluding hydrogens is 247 g/mol. The average Bonchev–Trinajstić information content (AvgIpc) is 2.34. The van der Waals surface area contributed by atoms with Crippen molar-refractivity contribution in [3.05, 3.63) is 42.0 Å². The fourth-order valence-electron chi connectivity index (χ4n) is 0.994. The molecule has 0 saturated carbocycles. The van der Waals surface area contributed by atoms with Crippen molar-refractivity contribution in [2.75, 3.05) is 12.5 Å². The van der Waals surface area contributed by atoms with Crippen LogP contribution < -0.4 is 0 Å². The molecule has 1 aromatic rings. The van der Waals surface area contributed by atoms with Crippen LogP contribution in [0.4, 0.5) is 0 Å². The van der Waals surface area contributed by atoms with E-state index in [1.807, 2.05) is 30.3 Å². The monoisotopic (exact) mass is 258 g/mol. The van der Waals surface area contributed by atoms with Gasteiger partial charge in [0.15, 0.2) is 0 Å². The molecule has 1 aromatic carbocycles. The second-order valence-corrected chi connectivity index (χ2v) is 4.05. The molecule has 0 aliphatic rings. The molecule has 0 fully saturated rings. The third kappa shape index (κ3) is 5.19. The number of carbonyl (C=O) groups excluding carboxylic acids is 1. The highest BCUT2D eigenvalue weighted by molar-refractivity contribution is 6.28. The van der Waals surface area contributed by atoms with Gasteiger partial charge in [0, 0.05) is 12.0 Å². The van der Waals surface area contributed by atoms with Gasteiger partial charge in [0.05, 0.1) is 5.38 Å². The number of halogens is 2. The Hall–Kier alpha value is -0.990. The number of esters is 1. The zero-order valence-electron chi connectivity index (χ0n) is 8.61. The van der Waals surface area contributed by atoms with Gasteiger partial charge >= 0.3 is 5.97 Å². The largest absolute Gasteiger partial charge is 0.461 e. The molecule has 0 amide bonds. The van der Waals surface area contributed by atoms with Gasteiger partial charge in [-0.1, -0.05) is 30.3 Å². The Morgan fingerprint density at radius 3 is 2.69 bits per heavy atom. The van der Waals surface area contributed by atoms with Crippen molar-refractivity contribution in [1.82, 2.24) is 0 Å². The summed E-state index contributed by atoms with van der Waals surface area (Å²) in [7, 11) is 0. The van der Waals surface area contributed by atoms with E-state index in [4.69, 9.17) is 27.9 Å². The number of benzene rings is 1. The van der Waals surface area contributed by atoms with Gasteiger partial charge in [-0.05, 0) is 11.6 Å². The van der Waals surface area contributed by atoms with Crippen LogP contribution in [0, 0.1) is 0 Å². The van der Waals surface area contributed by atoms with Crippen LogP contribution in [0.25, 0.3) is 6.08 Å². The first kappa shape index (κ1) is 13.1. The number of alkyl halides is 2. The van der Waals surface area contributed by atoms with E-state index in [1.54, 1.807) is 6.08 Å². The molecule has 2 nitrogen and oxygen atoms in total. The number of carbonyl (C=O) groups is 1. The number of rotatable bonds is 5. The summed E-state index contributed by atoms with van der Waals surface area (Å²) in [6.45, 7) is 0.128. The fourth-order valence-corrected chi connectivity index (χ4v) is 1.15. The van der Waals surface area contributed by atoms with Crippen LogP contribution in [-0.2, 0) is 9.53 Å². The molecule has 0 aromatic heterocycles. The lowest BCUT2D eigenvalue weighted by Gasteiger charge is -2.04. The van der Waals surface area contributed by atoms with Crippen molar-refractivity contribution < 1.29 is 9.53 Å². The first-order valence-corrected chi connectivity index (χ1v) is 5.79. The fraction of sp³-hybridized carbons (Fsp3) is 0.250. The van der Waals surface area contributed by atoms with E-state index in [1.165, 1.54) is 6.08 Å². The SMILES string of the molecule is O=C(C=Cc1ccccc1)OCC(Cl)CCl. The van der Waals surface area contributed by atoms with Crippen LogP contribution >= 0.6 is 23.2 Å². The maximum Gasteiger partial charge on any atom is 0.330 e. The van der Waals surface area contributed by atoms with Crippen molar-refractivity contribution in [2.24, 2.45) is 0 Å². The quantitative estimate of drug-likeness (QED) is 0.461. The summed E-state index contributed by atoms with van der Waals surface area (Å²) in [5.74, 6) is -0.156. The molecule has 16 heavy (non-hydrogen) atoms. The predicted molar refractivity (Wildman–Crippen MR) is 66.8 cm³/mol. The Balaban J connectivity index is 2.37. The van der Waals surface area contributed by atoms with Crippen LogP contribution in [0.1, 0.15) is 5.56 Å². The second-order valence-electron chi connectivity index (χ2n) is 3.13. The van der Waals surface area contributed by atoms with Crippen LogP contribution in [0.15, 0.2) is 36.4 Å². The standard InChI is InChI=1S/C12H12Cl2O2/c13-8-11(14)9-16-12(15)7-6-10-4-2-1-3-5-10/h1-7,11H,8-9H2. The predicted octanol–water partition coefficient (Wildman–Crippen LogP) is 3.09. The zero-order valence-corrected chi connectivity index (χ0v) is 10.1. The van der Waals surface area contributed by atoms with Crippen molar-refractivity contribution >= 4 is 35.2 Å². The molecule has 0 spiro atoms. The summed E-state index contributed by atoms with van der Waals surface area (Å²) >= 11 is 11.2. The summed E-state index contributed by atoms with van der Waals surface area (Å²) in [5, 5.41) is -0.337. The highest BCUT2D eigenvalue weighted by Gasteiger charge is 2.04. The topological polar surface area (TPSA) is 26.3 Å². The summed E-state index contributed by atoms with van der Waals surface area (Å²) in [6.07, 6.45) is 3.06. The van der Waals surface area contributed by atoms with Gasteiger partial charge in [0.2, 0.25) is 0 Å². The molecule has 1 atom stereocenters. The van der Waals surface area contributed by atoms with Crippen LogP contribution in [0.3, 0.4) is 0 Å². The minimum atomic E-state index is -0.417. The van der Waals surface area contributed by atoms with Gasteiger partial charge in [0.1, 0.15) is 6.61 Å². The van der Waals surface area contributed by atoms with Gasteiger partial charge in [-0.25, -0.2) is 4.79 Å². The molecule has 0 aliphatic heterocycles. The van der Waals surface area contributed by atoms with Crippen molar-refractivity contribution in [3.63, 3.8) is 0 Å². The van der Waals surface area contributed by atoms with E-state index >= 15 is 0 Å². The highest BCUT2D eigenvalue weighted by Crippen LogP contribution is 2.03. The van der Waals surface area contributed by atoms with Crippen molar-refractivity contribution in [2.45, 2.75) is 5.38 Å². The first-order valence-electron chi connectivity index (χ1n) is 4.82. The molecule has 0 aliphatic carbocycles. The Bertz CT molecular complexity index is 349. The molecular formula is C12H12Cl2O2. The maximum absolute atomic E-state index is 11.2. The Morgan fingerprint density at radius 1 is 1.38 bits per heavy atom. The summed E-state index contributed by atoms with van der Waals surface area (Å²) in [4.78, 5) is 11.2. The lowest BCUT2D eigenvalue weighted by molar-refractivity contribution is -0.137. The van der Waals surface area contributed by atoms with Gasteiger partial charge in [-0.15, -0.1) is 23.2 Å². The van der Waals surface area contributed by atoms with E-state index < -0.39 is 5.97 Å². The summed E-state index contributed by atoms with van der Waals surface area (Å²) in [6, 6.07) is 9.49. The van der Waals surface area contributed by atoms with Gasteiger partial charge in [-0.2, -0.15) is 0 Å². The molecule has 0 N–H and O–H groups in total. The van der Waals surface area contributed by atoms with E-state index in [-0.39, 0.29) is 17.9 Å². The Kier molecular flexibility index (Phi) is 5.98. The van der Waals surface area contributed by atoms with Gasteiger partial charge in [0.25, 0.3) is 0 Å². The summed E-state index contributed by atoms with van der Waals surface area (Å²) < 4.78 is 4.87. The third-order valence-corrected chi connectivity index (χ3v) is 2.60. The zero-order chi connectivity index (χ0) is 11.8. The molecule has 1 unspecified atom stereocenters. The van der Waals surface area contributed by atoms with Crippen LogP contribution in [-0.4, -0.2) is 23.8 Å². The van der Waals surface area contributed by atoms with E-state index in [2.05, 4.69) is 0 Å². The molecule has 0 saturated heterocycles. The molecule has 0 bridgehead atoms. The first-order chi connectivity index (χ1) is 7.72. The van der Waals surface area contributed by atoms with Gasteiger partial charge in [-0.3, -0.25) is 0 Å². The minimum Gasteiger partial charge on any atom is -0.461 e. The lowest BCUT2D eigenvalue weighted by atomic mass is 10.2. The average molecular weight is 259 g/mol. The van der Waals surface area contributed by atoms with Crippen LogP contribution in [0.2, 0.25) is 0 Å². The normalized spacial score (nSPS) is 12.6. The molecule has 4 heteroatoms. The van der Waals surface area contributed by atoms with Crippen LogP contribution in [0.5, 0.6) is 0 Å². The van der Waals surface area contributed by atoms with Crippen molar-refractivity contribution in [3.8, 4) is 0 Å². The second kappa shape index (κ2) is 7.31. The van der Waals surface area contributed by atoms with E-state index in [0.29, 0.717) is 0 Å². The van der Waals surface area contributed by atoms with E-state index in [0.717, 1.165) is 5.56 Å². The third-order valence-electron chi connectivity index (χ3n) is 1.79. The molecule has 0 heterocycles. The maximum atomic E-state index is 11.2. The Morgan fingerprint density at radius 2 is 2.06 bits per heavy atom. The van der Waals surface area contributed by atoms with E-state index in [9.17, 15) is 4.79 Å². The van der Waals surface area contributed by atoms with Crippen molar-refractivity contribution in [1.29, 1.82) is 0 Å². The minimum absolute atomic E-state index is 0.128. The molecule has 86 valence electrons. The summed E-state index contributed by atoms with van der Waals surface area (Å²) in [5.41, 5.74) is 0.944. The smallest absolute Gasteiger partial charge is 0.330 e. The lowest BCUT2D eigenvalue weighted by Crippen LogP contribution is -2.13. The number of hydrogen-bond acceptors (Lipinski definition) is 2. The Labute approximate surface area is 105 Å². The molecule has 1 rings (SSSR count). The number of ether oxygens (including phenoxy) is 1.